The molecule has 2 aromatic heterocycles. The van der Waals surface area contributed by atoms with Crippen molar-refractivity contribution in [2.75, 3.05) is 13.1 Å². The summed E-state index contributed by atoms with van der Waals surface area (Å²) in [6.07, 6.45) is 4.61. The van der Waals surface area contributed by atoms with E-state index in [1.165, 1.54) is 0 Å². The van der Waals surface area contributed by atoms with Gasteiger partial charge in [0.2, 0.25) is 5.91 Å². The molecular formula is C20H21N5O2. The van der Waals surface area contributed by atoms with Gasteiger partial charge >= 0.3 is 0 Å². The number of hydrogen-bond donors (Lipinski definition) is 0. The Morgan fingerprint density at radius 3 is 2.63 bits per heavy atom. The number of benzene rings is 1. The smallest absolute Gasteiger partial charge is 0.247 e. The van der Waals surface area contributed by atoms with Crippen molar-refractivity contribution in [1.82, 2.24) is 24.9 Å². The van der Waals surface area contributed by atoms with Gasteiger partial charge in [-0.15, -0.1) is 5.10 Å². The van der Waals surface area contributed by atoms with Gasteiger partial charge in [0.15, 0.2) is 5.78 Å². The molecule has 0 radical (unpaired) electrons. The Morgan fingerprint density at radius 2 is 1.89 bits per heavy atom. The monoisotopic (exact) mass is 363 g/mol. The molecule has 1 saturated heterocycles. The number of fused-ring (bicyclic) bond motifs is 1. The second-order valence-electron chi connectivity index (χ2n) is 6.90. The van der Waals surface area contributed by atoms with Crippen LogP contribution in [0.2, 0.25) is 0 Å². The lowest BCUT2D eigenvalue weighted by atomic mass is 9.89. The zero-order valence-corrected chi connectivity index (χ0v) is 15.2. The fraction of sp³-hybridized carbons (Fsp3) is 0.350. The zero-order valence-electron chi connectivity index (χ0n) is 15.2. The minimum atomic E-state index is -0.428. The Labute approximate surface area is 157 Å². The van der Waals surface area contributed by atoms with Crippen molar-refractivity contribution in [2.24, 2.45) is 5.92 Å². The van der Waals surface area contributed by atoms with Gasteiger partial charge in [-0.1, -0.05) is 17.3 Å². The van der Waals surface area contributed by atoms with Gasteiger partial charge in [0, 0.05) is 37.0 Å². The molecule has 0 N–H and O–H groups in total. The molecule has 0 aliphatic carbocycles. The number of carbonyl (C=O) groups is 2. The first-order valence-electron chi connectivity index (χ1n) is 9.18. The first-order chi connectivity index (χ1) is 13.1. The first-order valence-corrected chi connectivity index (χ1v) is 9.18. The van der Waals surface area contributed by atoms with E-state index in [0.29, 0.717) is 31.5 Å². The second kappa shape index (κ2) is 7.26. The third kappa shape index (κ3) is 3.32. The summed E-state index contributed by atoms with van der Waals surface area (Å²) in [5.74, 6) is 0.0733. The topological polar surface area (TPSA) is 81.0 Å². The van der Waals surface area contributed by atoms with Crippen molar-refractivity contribution in [3.63, 3.8) is 0 Å². The van der Waals surface area contributed by atoms with Crippen LogP contribution in [0.5, 0.6) is 0 Å². The van der Waals surface area contributed by atoms with E-state index >= 15 is 0 Å². The van der Waals surface area contributed by atoms with Crippen molar-refractivity contribution in [3.8, 4) is 0 Å². The maximum atomic E-state index is 12.9. The molecule has 0 saturated carbocycles. The Hall–Kier alpha value is -3.09. The number of carbonyl (C=O) groups excluding carboxylic acids is 2. The van der Waals surface area contributed by atoms with Crippen molar-refractivity contribution in [2.45, 2.75) is 25.8 Å². The van der Waals surface area contributed by atoms with Crippen LogP contribution in [0.1, 0.15) is 36.2 Å². The highest BCUT2D eigenvalue weighted by Gasteiger charge is 2.31. The number of hydrogen-bond acceptors (Lipinski definition) is 5. The summed E-state index contributed by atoms with van der Waals surface area (Å²) in [4.78, 5) is 31.4. The van der Waals surface area contributed by atoms with E-state index < -0.39 is 6.04 Å². The maximum absolute atomic E-state index is 12.9. The van der Waals surface area contributed by atoms with Crippen LogP contribution in [0, 0.1) is 5.92 Å². The summed E-state index contributed by atoms with van der Waals surface area (Å²) in [5, 5.41) is 8.28. The minimum Gasteiger partial charge on any atom is -0.341 e. The Kier molecular flexibility index (Phi) is 4.66. The number of nitrogens with zero attached hydrogens (tertiary/aromatic N) is 5. The van der Waals surface area contributed by atoms with Crippen molar-refractivity contribution < 1.29 is 9.59 Å². The number of likely N-dealkylation sites (tertiary alicyclic amines) is 1. The molecule has 3 aromatic rings. The first kappa shape index (κ1) is 17.3. The third-order valence-corrected chi connectivity index (χ3v) is 5.23. The lowest BCUT2D eigenvalue weighted by Gasteiger charge is -2.33. The predicted octanol–water partition coefficient (Wildman–Crippen LogP) is 2.51. The van der Waals surface area contributed by atoms with E-state index in [2.05, 4.69) is 15.3 Å². The molecular weight excluding hydrogens is 342 g/mol. The van der Waals surface area contributed by atoms with E-state index in [0.717, 1.165) is 11.0 Å². The molecule has 1 aromatic carbocycles. The molecule has 7 heteroatoms. The van der Waals surface area contributed by atoms with E-state index in [9.17, 15) is 9.59 Å². The number of Topliss-reactive ketones (excluding diaryl/α,β-unsaturated/α-hetero) is 1. The molecule has 27 heavy (non-hydrogen) atoms. The van der Waals surface area contributed by atoms with Crippen molar-refractivity contribution in [1.29, 1.82) is 0 Å². The van der Waals surface area contributed by atoms with Gasteiger partial charge in [0.05, 0.1) is 5.52 Å². The van der Waals surface area contributed by atoms with Crippen LogP contribution in [0.15, 0.2) is 48.8 Å². The maximum Gasteiger partial charge on any atom is 0.247 e. The SMILES string of the molecule is C[C@H](C(=O)N1CCC(C(=O)c2cccnc2)CC1)n1nnc2ccccc21. The predicted molar refractivity (Wildman–Crippen MR) is 100 cm³/mol. The molecule has 0 unspecified atom stereocenters. The standard InChI is InChI=1S/C20H21N5O2/c1-14(25-18-7-3-2-6-17(18)22-23-25)20(27)24-11-8-15(9-12-24)19(26)16-5-4-10-21-13-16/h2-7,10,13-15H,8-9,11-12H2,1H3/t14-/m1/s1. The summed E-state index contributed by atoms with van der Waals surface area (Å²) < 4.78 is 1.67. The summed E-state index contributed by atoms with van der Waals surface area (Å²) in [6.45, 7) is 3.00. The quantitative estimate of drug-likeness (QED) is 0.665. The number of para-hydroxylation sites is 1. The van der Waals surface area contributed by atoms with Gasteiger partial charge in [-0.05, 0) is 44.0 Å². The van der Waals surface area contributed by atoms with Crippen LogP contribution >= 0.6 is 0 Å². The lowest BCUT2D eigenvalue weighted by molar-refractivity contribution is -0.135. The number of rotatable bonds is 4. The largest absolute Gasteiger partial charge is 0.341 e. The van der Waals surface area contributed by atoms with Crippen LogP contribution in [0.3, 0.4) is 0 Å². The summed E-state index contributed by atoms with van der Waals surface area (Å²) in [7, 11) is 0. The van der Waals surface area contributed by atoms with Gasteiger partial charge < -0.3 is 4.90 Å². The molecule has 1 aliphatic heterocycles. The van der Waals surface area contributed by atoms with Crippen LogP contribution in [0.25, 0.3) is 11.0 Å². The number of piperidine rings is 1. The Morgan fingerprint density at radius 1 is 1.11 bits per heavy atom. The van der Waals surface area contributed by atoms with Gasteiger partial charge in [0.25, 0.3) is 0 Å². The third-order valence-electron chi connectivity index (χ3n) is 5.23. The van der Waals surface area contributed by atoms with E-state index in [-0.39, 0.29) is 17.6 Å². The fourth-order valence-corrected chi connectivity index (χ4v) is 3.65. The molecule has 1 atom stereocenters. The number of aromatic nitrogens is 4. The molecule has 7 nitrogen and oxygen atoms in total. The zero-order chi connectivity index (χ0) is 18.8. The summed E-state index contributed by atoms with van der Waals surface area (Å²) in [5.41, 5.74) is 2.27. The van der Waals surface area contributed by atoms with Crippen LogP contribution in [-0.2, 0) is 4.79 Å². The van der Waals surface area contributed by atoms with Crippen LogP contribution in [-0.4, -0.2) is 49.7 Å². The molecule has 4 rings (SSSR count). The molecule has 138 valence electrons. The molecule has 1 aliphatic rings. The highest BCUT2D eigenvalue weighted by atomic mass is 16.2. The molecule has 0 bridgehead atoms. The molecule has 1 fully saturated rings. The molecule has 3 heterocycles. The average Bonchev–Trinajstić information content (AvgIpc) is 3.17. The van der Waals surface area contributed by atoms with Crippen LogP contribution in [0.4, 0.5) is 0 Å². The fourth-order valence-electron chi connectivity index (χ4n) is 3.65. The van der Waals surface area contributed by atoms with Crippen molar-refractivity contribution >= 4 is 22.7 Å². The lowest BCUT2D eigenvalue weighted by Crippen LogP contribution is -2.43. The van der Waals surface area contributed by atoms with Gasteiger partial charge in [0.1, 0.15) is 11.6 Å². The summed E-state index contributed by atoms with van der Waals surface area (Å²) >= 11 is 0. The highest BCUT2D eigenvalue weighted by Crippen LogP contribution is 2.24. The van der Waals surface area contributed by atoms with Gasteiger partial charge in [-0.25, -0.2) is 4.68 Å². The average molecular weight is 363 g/mol. The normalized spacial score (nSPS) is 16.4. The summed E-state index contributed by atoms with van der Waals surface area (Å²) in [6, 6.07) is 10.7. The second-order valence-corrected chi connectivity index (χ2v) is 6.90. The number of ketones is 1. The number of pyridine rings is 1. The van der Waals surface area contributed by atoms with Crippen molar-refractivity contribution in [3.05, 3.63) is 54.4 Å². The van der Waals surface area contributed by atoms with E-state index in [1.807, 2.05) is 36.1 Å². The van der Waals surface area contributed by atoms with Gasteiger partial charge in [-0.2, -0.15) is 0 Å². The van der Waals surface area contributed by atoms with Gasteiger partial charge in [-0.3, -0.25) is 14.6 Å². The molecule has 0 spiro atoms. The van der Waals surface area contributed by atoms with E-state index in [4.69, 9.17) is 0 Å². The minimum absolute atomic E-state index is 0.0120. The number of amides is 1. The highest BCUT2D eigenvalue weighted by molar-refractivity contribution is 5.97. The Bertz CT molecular complexity index is 961. The molecule has 1 amide bonds. The van der Waals surface area contributed by atoms with E-state index in [1.54, 1.807) is 29.2 Å². The Balaban J connectivity index is 1.42. The van der Waals surface area contributed by atoms with Crippen LogP contribution < -0.4 is 0 Å².